The molecule has 3 unspecified atom stereocenters. The minimum Gasteiger partial charge on any atom is -0.508 e. The van der Waals surface area contributed by atoms with E-state index in [1.807, 2.05) is 18.2 Å². The van der Waals surface area contributed by atoms with E-state index >= 15 is 0 Å². The van der Waals surface area contributed by atoms with Crippen LogP contribution in [0.4, 0.5) is 0 Å². The number of aromatic hydroxyl groups is 1. The van der Waals surface area contributed by atoms with Crippen LogP contribution >= 0.6 is 0 Å². The highest BCUT2D eigenvalue weighted by molar-refractivity contribution is 5.31. The lowest BCUT2D eigenvalue weighted by Gasteiger charge is -2.27. The first-order valence-corrected chi connectivity index (χ1v) is 7.01. The second-order valence-electron chi connectivity index (χ2n) is 5.62. The van der Waals surface area contributed by atoms with Gasteiger partial charge in [0.2, 0.25) is 0 Å². The summed E-state index contributed by atoms with van der Waals surface area (Å²) < 4.78 is 0. The summed E-state index contributed by atoms with van der Waals surface area (Å²) in [5, 5.41) is 13.4. The Bertz CT molecular complexity index is 421. The average Bonchev–Trinajstić information content (AvgIpc) is 2.92. The maximum absolute atomic E-state index is 9.89. The molecule has 3 atom stereocenters. The van der Waals surface area contributed by atoms with Gasteiger partial charge in [0, 0.05) is 24.7 Å². The van der Waals surface area contributed by atoms with Gasteiger partial charge in [-0.15, -0.1) is 0 Å². The quantitative estimate of drug-likeness (QED) is 0.854. The summed E-state index contributed by atoms with van der Waals surface area (Å²) in [6.07, 6.45) is 1.20. The van der Waals surface area contributed by atoms with Crippen molar-refractivity contribution in [1.82, 2.24) is 10.2 Å². The van der Waals surface area contributed by atoms with Gasteiger partial charge in [0.15, 0.2) is 0 Å². The van der Waals surface area contributed by atoms with E-state index in [1.165, 1.54) is 26.1 Å². The maximum Gasteiger partial charge on any atom is 0.120 e. The molecule has 2 fully saturated rings. The molecule has 1 aromatic carbocycles. The molecule has 0 amide bonds. The van der Waals surface area contributed by atoms with Crippen LogP contribution in [-0.4, -0.2) is 35.7 Å². The maximum atomic E-state index is 9.89. The summed E-state index contributed by atoms with van der Waals surface area (Å²) in [6.45, 7) is 6.67. The molecule has 2 saturated heterocycles. The monoisotopic (exact) mass is 246 g/mol. The Morgan fingerprint density at radius 3 is 2.94 bits per heavy atom. The molecule has 0 bridgehead atoms. The van der Waals surface area contributed by atoms with Gasteiger partial charge in [-0.3, -0.25) is 4.90 Å². The predicted molar refractivity (Wildman–Crippen MR) is 72.4 cm³/mol. The summed E-state index contributed by atoms with van der Waals surface area (Å²) in [6, 6.07) is 8.39. The van der Waals surface area contributed by atoms with Crippen molar-refractivity contribution in [3.8, 4) is 5.75 Å². The number of phenols is 1. The first-order chi connectivity index (χ1) is 8.79. The highest BCUT2D eigenvalue weighted by atomic mass is 16.3. The fourth-order valence-electron chi connectivity index (χ4n) is 3.72. The molecule has 2 aliphatic rings. The molecule has 2 aliphatic heterocycles. The normalized spacial score (nSPS) is 31.7. The van der Waals surface area contributed by atoms with Crippen molar-refractivity contribution >= 4 is 0 Å². The van der Waals surface area contributed by atoms with Gasteiger partial charge in [-0.25, -0.2) is 0 Å². The van der Waals surface area contributed by atoms with E-state index < -0.39 is 0 Å². The van der Waals surface area contributed by atoms with E-state index in [0.717, 1.165) is 23.9 Å². The van der Waals surface area contributed by atoms with Crippen LogP contribution in [0.2, 0.25) is 0 Å². The molecule has 1 aromatic rings. The molecule has 2 heterocycles. The van der Waals surface area contributed by atoms with Crippen molar-refractivity contribution in [1.29, 1.82) is 0 Å². The number of phenolic OH excluding ortho intramolecular Hbond substituents is 1. The third kappa shape index (κ3) is 2.02. The summed E-state index contributed by atoms with van der Waals surface area (Å²) in [5.74, 6) is 2.05. The van der Waals surface area contributed by atoms with Gasteiger partial charge in [0.25, 0.3) is 0 Å². The first-order valence-electron chi connectivity index (χ1n) is 7.01. The van der Waals surface area contributed by atoms with Gasteiger partial charge in [0.1, 0.15) is 5.75 Å². The Morgan fingerprint density at radius 2 is 2.17 bits per heavy atom. The van der Waals surface area contributed by atoms with Crippen LogP contribution in [0.25, 0.3) is 0 Å². The van der Waals surface area contributed by atoms with Gasteiger partial charge >= 0.3 is 0 Å². The Balaban J connectivity index is 1.75. The number of nitrogens with one attached hydrogen (secondary N) is 1. The lowest BCUT2D eigenvalue weighted by Crippen LogP contribution is -2.34. The van der Waals surface area contributed by atoms with E-state index in [4.69, 9.17) is 0 Å². The van der Waals surface area contributed by atoms with Gasteiger partial charge in [-0.2, -0.15) is 0 Å². The molecule has 3 rings (SSSR count). The zero-order valence-corrected chi connectivity index (χ0v) is 11.0. The second kappa shape index (κ2) is 4.90. The number of para-hydroxylation sites is 1. The van der Waals surface area contributed by atoms with Crippen molar-refractivity contribution in [2.75, 3.05) is 19.6 Å². The number of nitrogens with zero attached hydrogens (tertiary/aromatic N) is 1. The molecule has 18 heavy (non-hydrogen) atoms. The lowest BCUT2D eigenvalue weighted by molar-refractivity contribution is 0.208. The molecule has 0 radical (unpaired) electrons. The Labute approximate surface area is 109 Å². The van der Waals surface area contributed by atoms with Crippen molar-refractivity contribution in [2.24, 2.45) is 11.8 Å². The minimum atomic E-state index is 0.433. The first kappa shape index (κ1) is 12.0. The fourth-order valence-corrected chi connectivity index (χ4v) is 3.72. The molecule has 2 N–H and O–H groups in total. The van der Waals surface area contributed by atoms with Crippen molar-refractivity contribution in [2.45, 2.75) is 25.9 Å². The smallest absolute Gasteiger partial charge is 0.120 e. The van der Waals surface area contributed by atoms with E-state index in [-0.39, 0.29) is 0 Å². The number of hydrogen-bond donors (Lipinski definition) is 2. The van der Waals surface area contributed by atoms with E-state index in [2.05, 4.69) is 17.1 Å². The molecular weight excluding hydrogens is 224 g/mol. The Hall–Kier alpha value is -1.06. The van der Waals surface area contributed by atoms with Crippen molar-refractivity contribution in [3.63, 3.8) is 0 Å². The Kier molecular flexibility index (Phi) is 3.27. The van der Waals surface area contributed by atoms with Gasteiger partial charge in [-0.05, 0) is 37.4 Å². The second-order valence-corrected chi connectivity index (χ2v) is 5.62. The van der Waals surface area contributed by atoms with Gasteiger partial charge in [-0.1, -0.05) is 25.1 Å². The highest BCUT2D eigenvalue weighted by Gasteiger charge is 2.42. The topological polar surface area (TPSA) is 35.5 Å². The van der Waals surface area contributed by atoms with Gasteiger partial charge < -0.3 is 10.4 Å². The number of hydrogen-bond acceptors (Lipinski definition) is 3. The molecule has 98 valence electrons. The SMILES string of the molecule is CCC1C2CNCC2CN1Cc1ccccc1O. The molecule has 0 aromatic heterocycles. The van der Waals surface area contributed by atoms with Crippen molar-refractivity contribution in [3.05, 3.63) is 29.8 Å². The third-order valence-electron chi connectivity index (χ3n) is 4.61. The fraction of sp³-hybridized carbons (Fsp3) is 0.600. The summed E-state index contributed by atoms with van der Waals surface area (Å²) >= 11 is 0. The van der Waals surface area contributed by atoms with Crippen LogP contribution in [0.3, 0.4) is 0 Å². The number of benzene rings is 1. The molecule has 3 heteroatoms. The van der Waals surface area contributed by atoms with Crippen LogP contribution in [0.1, 0.15) is 18.9 Å². The van der Waals surface area contributed by atoms with Crippen LogP contribution in [0.15, 0.2) is 24.3 Å². The van der Waals surface area contributed by atoms with E-state index in [9.17, 15) is 5.11 Å². The largest absolute Gasteiger partial charge is 0.508 e. The molecule has 0 aliphatic carbocycles. The molecule has 3 nitrogen and oxygen atoms in total. The zero-order valence-electron chi connectivity index (χ0n) is 11.0. The number of fused-ring (bicyclic) bond motifs is 1. The van der Waals surface area contributed by atoms with Gasteiger partial charge in [0.05, 0.1) is 0 Å². The van der Waals surface area contributed by atoms with Crippen LogP contribution in [-0.2, 0) is 6.54 Å². The summed E-state index contributed by atoms with van der Waals surface area (Å²) in [7, 11) is 0. The van der Waals surface area contributed by atoms with Crippen molar-refractivity contribution < 1.29 is 5.11 Å². The van der Waals surface area contributed by atoms with E-state index in [1.54, 1.807) is 6.07 Å². The molecular formula is C15H22N2O. The molecule has 0 saturated carbocycles. The standard InChI is InChI=1S/C15H22N2O/c1-2-14-13-8-16-7-12(13)10-17(14)9-11-5-3-4-6-15(11)18/h3-6,12-14,16,18H,2,7-10H2,1H3. The average molecular weight is 246 g/mol. The van der Waals surface area contributed by atoms with Crippen LogP contribution < -0.4 is 5.32 Å². The number of likely N-dealkylation sites (tertiary alicyclic amines) is 1. The number of rotatable bonds is 3. The zero-order chi connectivity index (χ0) is 12.5. The van der Waals surface area contributed by atoms with E-state index in [0.29, 0.717) is 11.8 Å². The third-order valence-corrected chi connectivity index (χ3v) is 4.61. The lowest BCUT2D eigenvalue weighted by atomic mass is 9.93. The summed E-state index contributed by atoms with van der Waals surface area (Å²) in [5.41, 5.74) is 1.06. The Morgan fingerprint density at radius 1 is 1.33 bits per heavy atom. The predicted octanol–water partition coefficient (Wildman–Crippen LogP) is 1.82. The summed E-state index contributed by atoms with van der Waals surface area (Å²) in [4.78, 5) is 2.56. The highest BCUT2D eigenvalue weighted by Crippen LogP contribution is 2.35. The van der Waals surface area contributed by atoms with Crippen LogP contribution in [0, 0.1) is 11.8 Å². The van der Waals surface area contributed by atoms with Crippen LogP contribution in [0.5, 0.6) is 5.75 Å². The molecule has 0 spiro atoms. The minimum absolute atomic E-state index is 0.433.